The van der Waals surface area contributed by atoms with E-state index in [9.17, 15) is 19.2 Å². The molecule has 30 heavy (non-hydrogen) atoms. The number of fused-ring (bicyclic) bond motifs is 3. The average molecular weight is 424 g/mol. The van der Waals surface area contributed by atoms with Gasteiger partial charge < -0.3 is 10.1 Å². The number of benzene rings is 2. The Bertz CT molecular complexity index is 1040. The maximum absolute atomic E-state index is 13.0. The number of amides is 2. The Hall–Kier alpha value is -3.13. The number of esters is 1. The van der Waals surface area contributed by atoms with E-state index >= 15 is 0 Å². The van der Waals surface area contributed by atoms with Crippen LogP contribution < -0.4 is 10.2 Å². The van der Waals surface area contributed by atoms with E-state index in [-0.39, 0.29) is 24.0 Å². The van der Waals surface area contributed by atoms with Gasteiger partial charge >= 0.3 is 5.97 Å². The lowest BCUT2D eigenvalue weighted by molar-refractivity contribution is -0.145. The molecule has 0 bridgehead atoms. The van der Waals surface area contributed by atoms with Crippen LogP contribution in [0.3, 0.4) is 0 Å². The number of thioether (sulfide) groups is 1. The third-order valence-corrected chi connectivity index (χ3v) is 6.59. The number of ether oxygens (including phenoxy) is 1. The van der Waals surface area contributed by atoms with Crippen molar-refractivity contribution >= 4 is 46.7 Å². The summed E-state index contributed by atoms with van der Waals surface area (Å²) in [6.07, 6.45) is 0.957. The van der Waals surface area contributed by atoms with Crippen molar-refractivity contribution in [1.29, 1.82) is 0 Å². The molecule has 2 aromatic carbocycles. The maximum Gasteiger partial charge on any atom is 0.343 e. The van der Waals surface area contributed by atoms with Crippen molar-refractivity contribution < 1.29 is 23.9 Å². The molecule has 0 saturated carbocycles. The zero-order chi connectivity index (χ0) is 21.3. The SMILES string of the molecule is CCC(=O)Nc1ccc(C(=O)COC(=O)C23CCC(=O)N2c2ccccc2S3)cc1. The highest BCUT2D eigenvalue weighted by Gasteiger charge is 2.58. The molecular formula is C22H20N2O5S. The minimum atomic E-state index is -1.14. The molecule has 2 aliphatic rings. The van der Waals surface area contributed by atoms with E-state index in [1.807, 2.05) is 24.3 Å². The lowest BCUT2D eigenvalue weighted by Gasteiger charge is -2.28. The Kier molecular flexibility index (Phi) is 5.34. The highest BCUT2D eigenvalue weighted by Crippen LogP contribution is 2.56. The number of nitrogens with zero attached hydrogens (tertiary/aromatic N) is 1. The predicted molar refractivity (Wildman–Crippen MR) is 112 cm³/mol. The van der Waals surface area contributed by atoms with E-state index in [2.05, 4.69) is 5.32 Å². The zero-order valence-corrected chi connectivity index (χ0v) is 17.2. The number of ketones is 1. The van der Waals surface area contributed by atoms with Gasteiger partial charge in [0, 0.05) is 35.4 Å². The molecule has 0 radical (unpaired) electrons. The molecule has 0 aromatic heterocycles. The van der Waals surface area contributed by atoms with Crippen molar-refractivity contribution in [2.75, 3.05) is 16.8 Å². The van der Waals surface area contributed by atoms with Crippen molar-refractivity contribution in [3.63, 3.8) is 0 Å². The Labute approximate surface area is 177 Å². The van der Waals surface area contributed by atoms with Crippen molar-refractivity contribution in [2.45, 2.75) is 36.0 Å². The summed E-state index contributed by atoms with van der Waals surface area (Å²) in [5, 5.41) is 2.71. The number of carbonyl (C=O) groups excluding carboxylic acids is 4. The average Bonchev–Trinajstić information content (AvgIpc) is 3.27. The summed E-state index contributed by atoms with van der Waals surface area (Å²) in [6.45, 7) is 1.33. The largest absolute Gasteiger partial charge is 0.455 e. The number of anilines is 2. The maximum atomic E-state index is 13.0. The smallest absolute Gasteiger partial charge is 0.343 e. The lowest BCUT2D eigenvalue weighted by Crippen LogP contribution is -2.48. The van der Waals surface area contributed by atoms with E-state index in [1.54, 1.807) is 31.2 Å². The van der Waals surface area contributed by atoms with Gasteiger partial charge in [0.15, 0.2) is 17.3 Å². The van der Waals surface area contributed by atoms with Crippen molar-refractivity contribution in [2.24, 2.45) is 0 Å². The highest BCUT2D eigenvalue weighted by molar-refractivity contribution is 8.02. The highest BCUT2D eigenvalue weighted by atomic mass is 32.2. The summed E-state index contributed by atoms with van der Waals surface area (Å²) in [4.78, 5) is 50.5. The molecule has 7 nitrogen and oxygen atoms in total. The zero-order valence-electron chi connectivity index (χ0n) is 16.3. The van der Waals surface area contributed by atoms with E-state index in [0.29, 0.717) is 29.8 Å². The van der Waals surface area contributed by atoms with Gasteiger partial charge in [-0.05, 0) is 36.4 Å². The van der Waals surface area contributed by atoms with Gasteiger partial charge in [0.05, 0.1) is 5.69 Å². The number of Topliss-reactive ketones (excluding diaryl/α,β-unsaturated/α-hetero) is 1. The third kappa shape index (κ3) is 3.47. The van der Waals surface area contributed by atoms with E-state index in [1.165, 1.54) is 16.7 Å². The van der Waals surface area contributed by atoms with E-state index in [4.69, 9.17) is 4.74 Å². The van der Waals surface area contributed by atoms with E-state index < -0.39 is 17.4 Å². The first kappa shape index (κ1) is 20.2. The van der Waals surface area contributed by atoms with Gasteiger partial charge in [-0.15, -0.1) is 0 Å². The Morgan fingerprint density at radius 3 is 2.60 bits per heavy atom. The van der Waals surface area contributed by atoms with Crippen molar-refractivity contribution in [3.05, 3.63) is 54.1 Å². The summed E-state index contributed by atoms with van der Waals surface area (Å²) in [5.74, 6) is -1.19. The standard InChI is InChI=1S/C22H20N2O5S/c1-2-19(26)23-15-9-7-14(8-10-15)17(25)13-29-21(28)22-12-11-20(27)24(22)16-5-3-4-6-18(16)30-22/h3-10H,2,11-13H2,1H3,(H,23,26). The Morgan fingerprint density at radius 1 is 1.13 bits per heavy atom. The first-order valence-corrected chi connectivity index (χ1v) is 10.5. The summed E-state index contributed by atoms with van der Waals surface area (Å²) < 4.78 is 5.37. The fourth-order valence-corrected chi connectivity index (χ4v) is 5.00. The molecule has 1 N–H and O–H groups in total. The second-order valence-corrected chi connectivity index (χ2v) is 8.38. The molecule has 2 heterocycles. The monoisotopic (exact) mass is 424 g/mol. The molecule has 1 saturated heterocycles. The van der Waals surface area contributed by atoms with Crippen LogP contribution in [0.1, 0.15) is 36.5 Å². The Morgan fingerprint density at radius 2 is 1.87 bits per heavy atom. The number of para-hydroxylation sites is 1. The normalized spacial score (nSPS) is 19.2. The second-order valence-electron chi connectivity index (χ2n) is 7.06. The molecule has 4 rings (SSSR count). The van der Waals surface area contributed by atoms with Gasteiger partial charge in [0.25, 0.3) is 0 Å². The van der Waals surface area contributed by atoms with Gasteiger partial charge in [0.1, 0.15) is 0 Å². The van der Waals surface area contributed by atoms with Crippen LogP contribution in [0.2, 0.25) is 0 Å². The summed E-state index contributed by atoms with van der Waals surface area (Å²) in [5.41, 5.74) is 1.67. The third-order valence-electron chi connectivity index (χ3n) is 5.14. The number of nitrogens with one attached hydrogen (secondary N) is 1. The summed E-state index contributed by atoms with van der Waals surface area (Å²) in [7, 11) is 0. The van der Waals surface area contributed by atoms with Gasteiger partial charge in [0.2, 0.25) is 11.8 Å². The molecule has 2 aromatic rings. The molecule has 1 atom stereocenters. The molecule has 0 aliphatic carbocycles. The number of carbonyl (C=O) groups is 4. The molecule has 2 aliphatic heterocycles. The minimum Gasteiger partial charge on any atom is -0.455 e. The molecule has 0 spiro atoms. The number of hydrogen-bond donors (Lipinski definition) is 1. The van der Waals surface area contributed by atoms with Crippen LogP contribution in [0, 0.1) is 0 Å². The summed E-state index contributed by atoms with van der Waals surface area (Å²) >= 11 is 1.30. The molecule has 2 amide bonds. The van der Waals surface area contributed by atoms with Gasteiger partial charge in [-0.2, -0.15) is 0 Å². The first-order valence-electron chi connectivity index (χ1n) is 9.66. The quantitative estimate of drug-likeness (QED) is 0.564. The van der Waals surface area contributed by atoms with Gasteiger partial charge in [-0.25, -0.2) is 4.79 Å². The molecule has 154 valence electrons. The van der Waals surface area contributed by atoms with Crippen LogP contribution in [0.4, 0.5) is 11.4 Å². The predicted octanol–water partition coefficient (Wildman–Crippen LogP) is 3.39. The van der Waals surface area contributed by atoms with Crippen molar-refractivity contribution in [1.82, 2.24) is 0 Å². The second kappa shape index (κ2) is 7.95. The van der Waals surface area contributed by atoms with Crippen LogP contribution in [0.15, 0.2) is 53.4 Å². The molecule has 1 unspecified atom stereocenters. The van der Waals surface area contributed by atoms with Gasteiger partial charge in [-0.3, -0.25) is 19.3 Å². The fraction of sp³-hybridized carbons (Fsp3) is 0.273. The topological polar surface area (TPSA) is 92.8 Å². The van der Waals surface area contributed by atoms with Crippen molar-refractivity contribution in [3.8, 4) is 0 Å². The number of rotatable bonds is 6. The van der Waals surface area contributed by atoms with Crippen LogP contribution in [-0.2, 0) is 19.1 Å². The van der Waals surface area contributed by atoms with Gasteiger partial charge in [-0.1, -0.05) is 30.8 Å². The summed E-state index contributed by atoms with van der Waals surface area (Å²) in [6, 6.07) is 13.8. The van der Waals surface area contributed by atoms with Crippen LogP contribution in [0.5, 0.6) is 0 Å². The fourth-order valence-electron chi connectivity index (χ4n) is 3.59. The lowest BCUT2D eigenvalue weighted by atomic mass is 10.1. The van der Waals surface area contributed by atoms with Crippen LogP contribution in [-0.4, -0.2) is 35.0 Å². The van der Waals surface area contributed by atoms with Crippen LogP contribution in [0.25, 0.3) is 0 Å². The molecular weight excluding hydrogens is 404 g/mol. The van der Waals surface area contributed by atoms with Crippen LogP contribution >= 0.6 is 11.8 Å². The number of hydrogen-bond acceptors (Lipinski definition) is 6. The molecule has 1 fully saturated rings. The van der Waals surface area contributed by atoms with E-state index in [0.717, 1.165) is 4.90 Å². The first-order chi connectivity index (χ1) is 14.4. The molecule has 8 heteroatoms. The minimum absolute atomic E-state index is 0.118. The Balaban J connectivity index is 1.43.